The molecule has 3 heterocycles. The lowest BCUT2D eigenvalue weighted by atomic mass is 9.96. The summed E-state index contributed by atoms with van der Waals surface area (Å²) in [6.45, 7) is 5.82. The molecule has 0 radical (unpaired) electrons. The molecule has 3 aromatic rings. The number of sulfone groups is 1. The Morgan fingerprint density at radius 2 is 1.97 bits per heavy atom. The zero-order valence-corrected chi connectivity index (χ0v) is 18.9. The number of pyridine rings is 1. The third-order valence-corrected chi connectivity index (χ3v) is 8.18. The van der Waals surface area contributed by atoms with Crippen LogP contribution in [0.1, 0.15) is 33.2 Å². The van der Waals surface area contributed by atoms with Crippen LogP contribution in [0.4, 0.5) is 11.5 Å². The van der Waals surface area contributed by atoms with E-state index >= 15 is 0 Å². The van der Waals surface area contributed by atoms with Crippen molar-refractivity contribution in [1.82, 2.24) is 14.8 Å². The van der Waals surface area contributed by atoms with Crippen LogP contribution < -0.4 is 10.9 Å². The molecular formula is C22H25N5O4S. The number of ether oxygens (including phenoxy) is 1. The fourth-order valence-electron chi connectivity index (χ4n) is 3.76. The maximum Gasteiger partial charge on any atom is 0.261 e. The van der Waals surface area contributed by atoms with Gasteiger partial charge in [-0.2, -0.15) is 10.4 Å². The second-order valence-electron chi connectivity index (χ2n) is 8.79. The number of rotatable bonds is 4. The summed E-state index contributed by atoms with van der Waals surface area (Å²) in [6.07, 6.45) is 2.14. The lowest BCUT2D eigenvalue weighted by Crippen LogP contribution is -2.30. The largest absolute Gasteiger partial charge is 0.379 e. The van der Waals surface area contributed by atoms with Crippen molar-refractivity contribution in [1.29, 1.82) is 5.26 Å². The quantitative estimate of drug-likeness (QED) is 0.618. The van der Waals surface area contributed by atoms with E-state index in [1.54, 1.807) is 49.8 Å². The van der Waals surface area contributed by atoms with E-state index in [0.717, 1.165) is 0 Å². The molecule has 0 aliphatic carbocycles. The Labute approximate surface area is 185 Å². The molecule has 0 bridgehead atoms. The van der Waals surface area contributed by atoms with Crippen molar-refractivity contribution in [2.24, 2.45) is 5.92 Å². The van der Waals surface area contributed by atoms with Gasteiger partial charge in [0.05, 0.1) is 39.8 Å². The van der Waals surface area contributed by atoms with Crippen LogP contribution in [0.25, 0.3) is 10.9 Å². The zero-order valence-electron chi connectivity index (χ0n) is 18.1. The Hall–Kier alpha value is -3.16. The zero-order chi connectivity index (χ0) is 23.1. The number of anilines is 2. The molecule has 2 N–H and O–H groups in total. The van der Waals surface area contributed by atoms with Gasteiger partial charge in [-0.15, -0.1) is 0 Å². The van der Waals surface area contributed by atoms with E-state index in [9.17, 15) is 18.5 Å². The summed E-state index contributed by atoms with van der Waals surface area (Å²) in [5.74, 6) is 0.0522. The maximum atomic E-state index is 12.7. The van der Waals surface area contributed by atoms with Crippen molar-refractivity contribution >= 4 is 32.2 Å². The van der Waals surface area contributed by atoms with E-state index in [4.69, 9.17) is 4.74 Å². The predicted octanol–water partition coefficient (Wildman–Crippen LogP) is 3.14. The fraction of sp³-hybridized carbons (Fsp3) is 0.409. The average Bonchev–Trinajstić information content (AvgIpc) is 3.12. The van der Waals surface area contributed by atoms with Gasteiger partial charge in [0.2, 0.25) is 0 Å². The number of nitriles is 1. The SMILES string of the molecule is CC(C)(C)S(=O)(=O)c1ccc(Nc2nn([C@H]3COCC[C@@H]3C#N)c3cc[nH]c(=O)c23)cc1. The molecule has 1 aromatic carbocycles. The first-order valence-corrected chi connectivity index (χ1v) is 11.8. The van der Waals surface area contributed by atoms with Gasteiger partial charge in [-0.25, -0.2) is 8.42 Å². The number of fused-ring (bicyclic) bond motifs is 1. The Bertz CT molecular complexity index is 1340. The van der Waals surface area contributed by atoms with Gasteiger partial charge in [-0.3, -0.25) is 9.48 Å². The van der Waals surface area contributed by atoms with Crippen molar-refractivity contribution in [3.63, 3.8) is 0 Å². The van der Waals surface area contributed by atoms with Gasteiger partial charge in [0.1, 0.15) is 5.39 Å². The molecule has 10 heteroatoms. The van der Waals surface area contributed by atoms with Crippen molar-refractivity contribution in [2.45, 2.75) is 42.9 Å². The summed E-state index contributed by atoms with van der Waals surface area (Å²) in [7, 11) is -3.47. The first-order valence-electron chi connectivity index (χ1n) is 10.3. The molecule has 32 heavy (non-hydrogen) atoms. The van der Waals surface area contributed by atoms with Crippen LogP contribution in [0.3, 0.4) is 0 Å². The Kier molecular flexibility index (Phi) is 5.56. The third-order valence-electron chi connectivity index (χ3n) is 5.67. The maximum absolute atomic E-state index is 12.7. The number of hydrogen-bond acceptors (Lipinski definition) is 7. The topological polar surface area (TPSA) is 130 Å². The van der Waals surface area contributed by atoms with Gasteiger partial charge in [0, 0.05) is 18.5 Å². The van der Waals surface area contributed by atoms with Crippen molar-refractivity contribution in [3.05, 3.63) is 46.9 Å². The van der Waals surface area contributed by atoms with E-state index in [-0.39, 0.29) is 22.4 Å². The van der Waals surface area contributed by atoms with Gasteiger partial charge >= 0.3 is 0 Å². The number of benzene rings is 1. The van der Waals surface area contributed by atoms with Crippen molar-refractivity contribution < 1.29 is 13.2 Å². The third kappa shape index (κ3) is 3.78. The first kappa shape index (κ1) is 22.0. The fourth-order valence-corrected chi connectivity index (χ4v) is 4.96. The number of H-pyrrole nitrogens is 1. The van der Waals surface area contributed by atoms with Gasteiger partial charge in [0.15, 0.2) is 15.7 Å². The molecule has 0 unspecified atom stereocenters. The summed E-state index contributed by atoms with van der Waals surface area (Å²) in [5, 5.41) is 17.7. The van der Waals surface area contributed by atoms with E-state index in [2.05, 4.69) is 21.5 Å². The molecular weight excluding hydrogens is 430 g/mol. The van der Waals surface area contributed by atoms with Crippen LogP contribution in [0.2, 0.25) is 0 Å². The molecule has 1 aliphatic heterocycles. The molecule has 4 rings (SSSR count). The van der Waals surface area contributed by atoms with Crippen LogP contribution in [0.5, 0.6) is 0 Å². The predicted molar refractivity (Wildman–Crippen MR) is 121 cm³/mol. The summed E-state index contributed by atoms with van der Waals surface area (Å²) in [5.41, 5.74) is 0.872. The minimum atomic E-state index is -3.47. The average molecular weight is 456 g/mol. The first-order chi connectivity index (χ1) is 15.1. The highest BCUT2D eigenvalue weighted by Crippen LogP contribution is 2.32. The monoisotopic (exact) mass is 455 g/mol. The van der Waals surface area contributed by atoms with E-state index in [1.165, 1.54) is 12.1 Å². The Balaban J connectivity index is 1.73. The molecule has 2 aromatic heterocycles. The van der Waals surface area contributed by atoms with Gasteiger partial charge in [-0.05, 0) is 57.5 Å². The van der Waals surface area contributed by atoms with Crippen LogP contribution in [0, 0.1) is 17.2 Å². The minimum absolute atomic E-state index is 0.222. The minimum Gasteiger partial charge on any atom is -0.379 e. The number of hydrogen-bond donors (Lipinski definition) is 2. The second kappa shape index (κ2) is 8.07. The highest BCUT2D eigenvalue weighted by molar-refractivity contribution is 7.92. The van der Waals surface area contributed by atoms with Crippen LogP contribution in [-0.2, 0) is 14.6 Å². The standard InChI is InChI=1S/C22H25N5O4S/c1-22(2,3)32(29,30)16-6-4-15(5-7-16)25-20-19-17(8-10-24-21(19)28)27(26-20)18-13-31-11-9-14(18)12-23/h4-8,10,14,18H,9,11,13H2,1-3H3,(H,24,28)(H,25,26)/t14-,18+/m1/s1. The van der Waals surface area contributed by atoms with Gasteiger partial charge in [-0.1, -0.05) is 0 Å². The van der Waals surface area contributed by atoms with Crippen LogP contribution >= 0.6 is 0 Å². The molecule has 1 aliphatic rings. The molecule has 2 atom stereocenters. The van der Waals surface area contributed by atoms with Gasteiger partial charge in [0.25, 0.3) is 5.56 Å². The van der Waals surface area contributed by atoms with Crippen LogP contribution in [-0.4, -0.2) is 41.1 Å². The highest BCUT2D eigenvalue weighted by atomic mass is 32.2. The van der Waals surface area contributed by atoms with Crippen molar-refractivity contribution in [2.75, 3.05) is 18.5 Å². The van der Waals surface area contributed by atoms with E-state index < -0.39 is 14.6 Å². The highest BCUT2D eigenvalue weighted by Gasteiger charge is 2.32. The summed E-state index contributed by atoms with van der Waals surface area (Å²) >= 11 is 0. The summed E-state index contributed by atoms with van der Waals surface area (Å²) < 4.78 is 31.7. The normalized spacial score (nSPS) is 19.6. The molecule has 168 valence electrons. The molecule has 0 spiro atoms. The number of aromatic amines is 1. The molecule has 0 saturated carbocycles. The molecule has 1 saturated heterocycles. The smallest absolute Gasteiger partial charge is 0.261 e. The Morgan fingerprint density at radius 3 is 2.62 bits per heavy atom. The Morgan fingerprint density at radius 1 is 1.25 bits per heavy atom. The molecule has 0 amide bonds. The second-order valence-corrected chi connectivity index (χ2v) is 11.5. The van der Waals surface area contributed by atoms with Gasteiger partial charge < -0.3 is 15.0 Å². The number of aromatic nitrogens is 3. The van der Waals surface area contributed by atoms with E-state index in [1.807, 2.05) is 0 Å². The van der Waals surface area contributed by atoms with Crippen molar-refractivity contribution in [3.8, 4) is 6.07 Å². The lowest BCUT2D eigenvalue weighted by Gasteiger charge is -2.27. The molecule has 9 nitrogen and oxygen atoms in total. The number of nitrogens with zero attached hydrogens (tertiary/aromatic N) is 3. The lowest BCUT2D eigenvalue weighted by molar-refractivity contribution is 0.0359. The summed E-state index contributed by atoms with van der Waals surface area (Å²) in [4.78, 5) is 15.5. The van der Waals surface area contributed by atoms with Crippen LogP contribution in [0.15, 0.2) is 46.2 Å². The summed E-state index contributed by atoms with van der Waals surface area (Å²) in [6, 6.07) is 10.1. The molecule has 1 fully saturated rings. The van der Waals surface area contributed by atoms with E-state index in [0.29, 0.717) is 42.0 Å². The number of nitrogens with one attached hydrogen (secondary N) is 2.